The summed E-state index contributed by atoms with van der Waals surface area (Å²) in [5.41, 5.74) is 2.15. The number of aromatic nitrogens is 3. The molecule has 1 unspecified atom stereocenters. The van der Waals surface area contributed by atoms with Crippen molar-refractivity contribution in [3.8, 4) is 5.75 Å². The zero-order valence-corrected chi connectivity index (χ0v) is 23.0. The molecule has 210 valence electrons. The van der Waals surface area contributed by atoms with Crippen LogP contribution in [-0.4, -0.2) is 68.4 Å². The van der Waals surface area contributed by atoms with Gasteiger partial charge in [-0.15, -0.1) is 0 Å². The van der Waals surface area contributed by atoms with Crippen LogP contribution in [0.2, 0.25) is 0 Å². The average Bonchev–Trinajstić information content (AvgIpc) is 3.32. The number of ether oxygens (including phenoxy) is 2. The van der Waals surface area contributed by atoms with Crippen molar-refractivity contribution in [1.82, 2.24) is 19.4 Å². The molecule has 0 bridgehead atoms. The number of fused-ring (bicyclic) bond motifs is 1. The van der Waals surface area contributed by atoms with E-state index in [9.17, 15) is 22.6 Å². The molecule has 4 aromatic rings. The molecule has 2 aromatic heterocycles. The molecule has 1 amide bonds. The van der Waals surface area contributed by atoms with Gasteiger partial charge in [0.25, 0.3) is 5.92 Å². The van der Waals surface area contributed by atoms with Gasteiger partial charge in [-0.3, -0.25) is 9.19 Å². The number of amides is 1. The number of pyridine rings is 1. The highest BCUT2D eigenvalue weighted by molar-refractivity contribution is 7.84. The second kappa shape index (κ2) is 12.3. The summed E-state index contributed by atoms with van der Waals surface area (Å²) in [5, 5.41) is 0.00643. The fraction of sp³-hybridized carbons (Fsp3) is 0.286. The summed E-state index contributed by atoms with van der Waals surface area (Å²) in [6.07, 6.45) is 1.39. The van der Waals surface area contributed by atoms with Crippen LogP contribution >= 0.6 is 0 Å². The summed E-state index contributed by atoms with van der Waals surface area (Å²) in [6.45, 7) is 1.62. The van der Waals surface area contributed by atoms with E-state index >= 15 is 0 Å². The number of likely N-dealkylation sites (N-methyl/N-ethyl adjacent to an activating group) is 1. The molecule has 0 saturated heterocycles. The molecule has 4 rings (SSSR count). The lowest BCUT2D eigenvalue weighted by molar-refractivity contribution is -0.0231. The van der Waals surface area contributed by atoms with E-state index in [1.807, 2.05) is 0 Å². The Morgan fingerprint density at radius 1 is 1.07 bits per heavy atom. The molecule has 0 N–H and O–H groups in total. The normalized spacial score (nSPS) is 12.2. The Morgan fingerprint density at radius 3 is 2.50 bits per heavy atom. The number of esters is 1. The molecule has 2 aromatic carbocycles. The summed E-state index contributed by atoms with van der Waals surface area (Å²) in [7, 11) is -0.303. The van der Waals surface area contributed by atoms with Crippen molar-refractivity contribution in [2.45, 2.75) is 30.7 Å². The number of hydrogen-bond acceptors (Lipinski definition) is 7. The first kappa shape index (κ1) is 28.8. The zero-order chi connectivity index (χ0) is 28.9. The molecule has 0 saturated carbocycles. The first-order valence-electron chi connectivity index (χ1n) is 12.3. The highest BCUT2D eigenvalue weighted by atomic mass is 32.2. The number of nitrogens with zero attached hydrogens (tertiary/aromatic N) is 4. The molecule has 0 radical (unpaired) electrons. The molecule has 0 spiro atoms. The molecule has 40 heavy (non-hydrogen) atoms. The molecule has 9 nitrogen and oxygen atoms in total. The third kappa shape index (κ3) is 6.87. The maximum absolute atomic E-state index is 13.6. The van der Waals surface area contributed by atoms with Crippen LogP contribution in [0.25, 0.3) is 11.0 Å². The summed E-state index contributed by atoms with van der Waals surface area (Å²) in [6, 6.07) is 16.3. The van der Waals surface area contributed by atoms with E-state index in [1.54, 1.807) is 61.5 Å². The second-order valence-electron chi connectivity index (χ2n) is 9.15. The Hall–Kier alpha value is -4.19. The summed E-state index contributed by atoms with van der Waals surface area (Å²) in [5.74, 6) is -3.44. The van der Waals surface area contributed by atoms with Gasteiger partial charge in [-0.2, -0.15) is 0 Å². The smallest absolute Gasteiger partial charge is 0.338 e. The molecule has 0 aliphatic heterocycles. The van der Waals surface area contributed by atoms with Gasteiger partial charge in [-0.05, 0) is 37.3 Å². The van der Waals surface area contributed by atoms with Gasteiger partial charge < -0.3 is 14.4 Å². The number of benzene rings is 2. The SMILES string of the molecule is Cc1c(OCC(C)(F)F)ccnc1CS(=O)c1nc2ccccc2n1C(=O)N(C)CCOC(=O)c1ccccc1. The van der Waals surface area contributed by atoms with Crippen molar-refractivity contribution >= 4 is 33.8 Å². The van der Waals surface area contributed by atoms with Crippen molar-refractivity contribution in [1.29, 1.82) is 0 Å². The van der Waals surface area contributed by atoms with Gasteiger partial charge >= 0.3 is 12.0 Å². The third-order valence-electron chi connectivity index (χ3n) is 5.93. The van der Waals surface area contributed by atoms with Crippen molar-refractivity contribution in [2.24, 2.45) is 0 Å². The molecule has 0 aliphatic carbocycles. The topological polar surface area (TPSA) is 104 Å². The first-order chi connectivity index (χ1) is 19.0. The van der Waals surface area contributed by atoms with Gasteiger partial charge in [0.05, 0.1) is 45.4 Å². The minimum atomic E-state index is -3.02. The third-order valence-corrected chi connectivity index (χ3v) is 7.15. The van der Waals surface area contributed by atoms with Gasteiger partial charge in [0.2, 0.25) is 5.16 Å². The quantitative estimate of drug-likeness (QED) is 0.252. The van der Waals surface area contributed by atoms with Gasteiger partial charge in [-0.1, -0.05) is 30.3 Å². The van der Waals surface area contributed by atoms with Crippen LogP contribution in [0.15, 0.2) is 72.0 Å². The summed E-state index contributed by atoms with van der Waals surface area (Å²) >= 11 is 0. The maximum atomic E-state index is 13.6. The van der Waals surface area contributed by atoms with Crippen LogP contribution in [0.3, 0.4) is 0 Å². The fourth-order valence-electron chi connectivity index (χ4n) is 3.79. The van der Waals surface area contributed by atoms with E-state index in [2.05, 4.69) is 9.97 Å². The van der Waals surface area contributed by atoms with Crippen LogP contribution in [0.4, 0.5) is 13.6 Å². The predicted molar refractivity (Wildman–Crippen MR) is 145 cm³/mol. The number of rotatable bonds is 10. The van der Waals surface area contributed by atoms with E-state index in [-0.39, 0.29) is 29.8 Å². The van der Waals surface area contributed by atoms with Crippen LogP contribution in [0.5, 0.6) is 5.75 Å². The lowest BCUT2D eigenvalue weighted by Gasteiger charge is -2.19. The molecule has 12 heteroatoms. The number of hydrogen-bond donors (Lipinski definition) is 0. The lowest BCUT2D eigenvalue weighted by atomic mass is 10.2. The molecule has 2 heterocycles. The van der Waals surface area contributed by atoms with Crippen molar-refractivity contribution < 1.29 is 32.1 Å². The van der Waals surface area contributed by atoms with Crippen molar-refractivity contribution in [3.05, 3.63) is 83.7 Å². The molecule has 1 atom stereocenters. The minimum absolute atomic E-state index is 0.00643. The van der Waals surface area contributed by atoms with E-state index in [0.717, 1.165) is 6.92 Å². The van der Waals surface area contributed by atoms with E-state index < -0.39 is 35.3 Å². The molecular weight excluding hydrogens is 542 g/mol. The monoisotopic (exact) mass is 570 g/mol. The number of carbonyl (C=O) groups is 2. The van der Waals surface area contributed by atoms with Crippen LogP contribution in [-0.2, 0) is 21.3 Å². The summed E-state index contributed by atoms with van der Waals surface area (Å²) in [4.78, 5) is 35.8. The highest BCUT2D eigenvalue weighted by Crippen LogP contribution is 2.26. The van der Waals surface area contributed by atoms with Crippen LogP contribution in [0.1, 0.15) is 28.5 Å². The Kier molecular flexibility index (Phi) is 8.88. The first-order valence-corrected chi connectivity index (χ1v) is 13.7. The van der Waals surface area contributed by atoms with Gasteiger partial charge in [0.15, 0.2) is 6.61 Å². The number of carbonyl (C=O) groups excluding carboxylic acids is 2. The highest BCUT2D eigenvalue weighted by Gasteiger charge is 2.26. The van der Waals surface area contributed by atoms with Crippen LogP contribution < -0.4 is 4.74 Å². The Bertz CT molecular complexity index is 1540. The summed E-state index contributed by atoms with van der Waals surface area (Å²) < 4.78 is 51.9. The van der Waals surface area contributed by atoms with Gasteiger partial charge in [0, 0.05) is 25.7 Å². The molecule has 0 aliphatic rings. The Balaban J connectivity index is 1.52. The average molecular weight is 571 g/mol. The number of para-hydroxylation sites is 2. The van der Waals surface area contributed by atoms with Gasteiger partial charge in [0.1, 0.15) is 12.4 Å². The number of imidazole rings is 1. The molecule has 0 fully saturated rings. The van der Waals surface area contributed by atoms with E-state index in [4.69, 9.17) is 9.47 Å². The largest absolute Gasteiger partial charge is 0.487 e. The predicted octanol–water partition coefficient (Wildman–Crippen LogP) is 4.84. The van der Waals surface area contributed by atoms with E-state index in [0.29, 0.717) is 27.9 Å². The number of halogens is 2. The molecular formula is C28H28F2N4O5S. The Morgan fingerprint density at radius 2 is 1.77 bits per heavy atom. The van der Waals surface area contributed by atoms with E-state index in [1.165, 1.54) is 28.8 Å². The second-order valence-corrected chi connectivity index (χ2v) is 10.5. The zero-order valence-electron chi connectivity index (χ0n) is 22.2. The van der Waals surface area contributed by atoms with Gasteiger partial charge in [-0.25, -0.2) is 27.9 Å². The van der Waals surface area contributed by atoms with Crippen molar-refractivity contribution in [3.63, 3.8) is 0 Å². The Labute approximate surface area is 232 Å². The maximum Gasteiger partial charge on any atom is 0.338 e. The van der Waals surface area contributed by atoms with Crippen molar-refractivity contribution in [2.75, 3.05) is 26.8 Å². The fourth-order valence-corrected chi connectivity index (χ4v) is 5.04. The standard InChI is InChI=1S/C28H28F2N4O5S/c1-19-22(31-14-13-24(19)39-18-28(2,29)30)17-40(37)26-32-21-11-7-8-12-23(21)34(26)27(36)33(3)15-16-38-25(35)20-9-5-4-6-10-20/h4-14H,15-18H2,1-3H3. The lowest BCUT2D eigenvalue weighted by Crippen LogP contribution is -2.35. The van der Waals surface area contributed by atoms with Crippen LogP contribution in [0, 0.1) is 6.92 Å². The number of alkyl halides is 2. The minimum Gasteiger partial charge on any atom is -0.487 e.